The standard InChI is InChI=1S/C25H34N8O/c1-4-9-28-25(34)29-14-20-5-7-21(8-6-20)23-18-33(24-16-26-10-11-27-24)13-12-32(23)17-22-15-30-31(3)19(22)2/h5-8,10-11,15-16,23H,4,9,12-14,17-18H2,1-3H3,(H2,28,29,34). The number of nitrogens with one attached hydrogen (secondary N) is 2. The Morgan fingerprint density at radius 3 is 2.62 bits per heavy atom. The molecule has 1 aliphatic rings. The monoisotopic (exact) mass is 462 g/mol. The first-order valence-corrected chi connectivity index (χ1v) is 11.9. The average Bonchev–Trinajstić information content (AvgIpc) is 3.19. The Bertz CT molecular complexity index is 1070. The summed E-state index contributed by atoms with van der Waals surface area (Å²) < 4.78 is 1.93. The molecule has 0 spiro atoms. The number of carbonyl (C=O) groups excluding carboxylic acids is 1. The molecule has 1 atom stereocenters. The molecular weight excluding hydrogens is 428 g/mol. The lowest BCUT2D eigenvalue weighted by Crippen LogP contribution is -2.48. The van der Waals surface area contributed by atoms with Crippen LogP contribution in [0, 0.1) is 6.92 Å². The second kappa shape index (κ2) is 11.1. The number of anilines is 1. The minimum atomic E-state index is -0.129. The Balaban J connectivity index is 1.50. The molecule has 2 aromatic heterocycles. The van der Waals surface area contributed by atoms with Crippen LogP contribution < -0.4 is 15.5 Å². The molecule has 1 aliphatic heterocycles. The number of nitrogens with zero attached hydrogens (tertiary/aromatic N) is 6. The van der Waals surface area contributed by atoms with Crippen molar-refractivity contribution < 1.29 is 4.79 Å². The summed E-state index contributed by atoms with van der Waals surface area (Å²) in [6.45, 7) is 8.82. The maximum absolute atomic E-state index is 11.9. The molecule has 0 saturated carbocycles. The van der Waals surface area contributed by atoms with Crippen LogP contribution in [0.3, 0.4) is 0 Å². The molecule has 180 valence electrons. The van der Waals surface area contributed by atoms with Crippen LogP contribution in [0.4, 0.5) is 10.6 Å². The second-order valence-corrected chi connectivity index (χ2v) is 8.73. The summed E-state index contributed by atoms with van der Waals surface area (Å²) >= 11 is 0. The topological polar surface area (TPSA) is 91.2 Å². The molecule has 1 aromatic carbocycles. The fourth-order valence-electron chi connectivity index (χ4n) is 4.25. The van der Waals surface area contributed by atoms with Gasteiger partial charge in [-0.25, -0.2) is 9.78 Å². The van der Waals surface area contributed by atoms with Crippen LogP contribution in [-0.2, 0) is 20.1 Å². The molecular formula is C25H34N8O. The quantitative estimate of drug-likeness (QED) is 0.535. The van der Waals surface area contributed by atoms with Crippen molar-refractivity contribution in [1.29, 1.82) is 0 Å². The fourth-order valence-corrected chi connectivity index (χ4v) is 4.25. The largest absolute Gasteiger partial charge is 0.352 e. The first-order valence-electron chi connectivity index (χ1n) is 11.9. The number of hydrogen-bond acceptors (Lipinski definition) is 6. The SMILES string of the molecule is CCCNC(=O)NCc1ccc(C2CN(c3cnccn3)CCN2Cc2cnn(C)c2C)cc1. The van der Waals surface area contributed by atoms with E-state index in [1.54, 1.807) is 12.4 Å². The van der Waals surface area contributed by atoms with Crippen molar-refractivity contribution in [3.8, 4) is 0 Å². The predicted octanol–water partition coefficient (Wildman–Crippen LogP) is 2.79. The summed E-state index contributed by atoms with van der Waals surface area (Å²) in [4.78, 5) is 25.4. The highest BCUT2D eigenvalue weighted by atomic mass is 16.2. The molecule has 34 heavy (non-hydrogen) atoms. The van der Waals surface area contributed by atoms with Crippen molar-refractivity contribution in [3.63, 3.8) is 0 Å². The van der Waals surface area contributed by atoms with E-state index < -0.39 is 0 Å². The van der Waals surface area contributed by atoms with Gasteiger partial charge in [0.05, 0.1) is 18.4 Å². The Morgan fingerprint density at radius 1 is 1.12 bits per heavy atom. The minimum Gasteiger partial charge on any atom is -0.352 e. The van der Waals surface area contributed by atoms with Crippen LogP contribution in [0.1, 0.15) is 41.8 Å². The number of piperazine rings is 1. The highest BCUT2D eigenvalue weighted by Gasteiger charge is 2.29. The van der Waals surface area contributed by atoms with Crippen molar-refractivity contribution in [1.82, 2.24) is 35.3 Å². The summed E-state index contributed by atoms with van der Waals surface area (Å²) in [5.74, 6) is 0.906. The van der Waals surface area contributed by atoms with Crippen LogP contribution >= 0.6 is 0 Å². The van der Waals surface area contributed by atoms with E-state index in [2.05, 4.69) is 66.7 Å². The molecule has 3 heterocycles. The maximum Gasteiger partial charge on any atom is 0.315 e. The maximum atomic E-state index is 11.9. The van der Waals surface area contributed by atoms with Gasteiger partial charge in [-0.15, -0.1) is 0 Å². The van der Waals surface area contributed by atoms with Crippen LogP contribution in [-0.4, -0.2) is 56.9 Å². The summed E-state index contributed by atoms with van der Waals surface area (Å²) in [6.07, 6.45) is 8.17. The van der Waals surface area contributed by atoms with Gasteiger partial charge < -0.3 is 15.5 Å². The lowest BCUT2D eigenvalue weighted by atomic mass is 10.00. The van der Waals surface area contributed by atoms with Crippen LogP contribution in [0.25, 0.3) is 0 Å². The molecule has 0 radical (unpaired) electrons. The van der Waals surface area contributed by atoms with E-state index in [-0.39, 0.29) is 12.1 Å². The normalized spacial score (nSPS) is 16.4. The number of urea groups is 1. The molecule has 0 bridgehead atoms. The molecule has 4 rings (SSSR count). The van der Waals surface area contributed by atoms with Gasteiger partial charge in [0.25, 0.3) is 0 Å². The third-order valence-corrected chi connectivity index (χ3v) is 6.43. The zero-order chi connectivity index (χ0) is 23.9. The van der Waals surface area contributed by atoms with E-state index in [1.807, 2.05) is 31.0 Å². The highest BCUT2D eigenvalue weighted by molar-refractivity contribution is 5.73. The van der Waals surface area contributed by atoms with E-state index in [0.717, 1.165) is 44.0 Å². The molecule has 2 N–H and O–H groups in total. The first kappa shape index (κ1) is 23.7. The number of hydrogen-bond donors (Lipinski definition) is 2. The molecule has 1 saturated heterocycles. The smallest absolute Gasteiger partial charge is 0.315 e. The van der Waals surface area contributed by atoms with E-state index in [4.69, 9.17) is 0 Å². The van der Waals surface area contributed by atoms with Crippen LogP contribution in [0.2, 0.25) is 0 Å². The predicted molar refractivity (Wildman–Crippen MR) is 132 cm³/mol. The van der Waals surface area contributed by atoms with Gasteiger partial charge >= 0.3 is 6.03 Å². The third kappa shape index (κ3) is 5.72. The molecule has 2 amide bonds. The number of aromatic nitrogens is 4. The van der Waals surface area contributed by atoms with Gasteiger partial charge in [-0.1, -0.05) is 31.2 Å². The van der Waals surface area contributed by atoms with E-state index in [0.29, 0.717) is 13.1 Å². The Hall–Kier alpha value is -3.46. The van der Waals surface area contributed by atoms with Crippen molar-refractivity contribution >= 4 is 11.8 Å². The number of aryl methyl sites for hydroxylation is 1. The average molecular weight is 463 g/mol. The summed E-state index contributed by atoms with van der Waals surface area (Å²) in [7, 11) is 1.98. The zero-order valence-corrected chi connectivity index (χ0v) is 20.2. The molecule has 9 heteroatoms. The van der Waals surface area contributed by atoms with Crippen molar-refractivity contribution in [3.05, 3.63) is 71.4 Å². The zero-order valence-electron chi connectivity index (χ0n) is 20.2. The van der Waals surface area contributed by atoms with E-state index in [9.17, 15) is 4.79 Å². The Labute approximate surface area is 201 Å². The van der Waals surface area contributed by atoms with Gasteiger partial charge in [0, 0.05) is 70.0 Å². The minimum absolute atomic E-state index is 0.129. The number of benzene rings is 1. The number of rotatable bonds is 8. The number of carbonyl (C=O) groups is 1. The number of amides is 2. The fraction of sp³-hybridized carbons (Fsp3) is 0.440. The van der Waals surface area contributed by atoms with Crippen LogP contribution in [0.5, 0.6) is 0 Å². The Kier molecular flexibility index (Phi) is 7.74. The van der Waals surface area contributed by atoms with Gasteiger partial charge in [-0.05, 0) is 24.5 Å². The summed E-state index contributed by atoms with van der Waals surface area (Å²) in [5.41, 5.74) is 4.76. The van der Waals surface area contributed by atoms with E-state index >= 15 is 0 Å². The second-order valence-electron chi connectivity index (χ2n) is 8.73. The highest BCUT2D eigenvalue weighted by Crippen LogP contribution is 2.29. The molecule has 1 fully saturated rings. The Morgan fingerprint density at radius 2 is 1.94 bits per heavy atom. The van der Waals surface area contributed by atoms with Crippen molar-refractivity contribution in [2.45, 2.75) is 39.4 Å². The van der Waals surface area contributed by atoms with Gasteiger partial charge in [0.15, 0.2) is 0 Å². The van der Waals surface area contributed by atoms with Crippen LogP contribution in [0.15, 0.2) is 49.1 Å². The lowest BCUT2D eigenvalue weighted by Gasteiger charge is -2.42. The lowest BCUT2D eigenvalue weighted by molar-refractivity contribution is 0.168. The van der Waals surface area contributed by atoms with E-state index in [1.165, 1.54) is 16.8 Å². The van der Waals surface area contributed by atoms with Crippen molar-refractivity contribution in [2.75, 3.05) is 31.1 Å². The van der Waals surface area contributed by atoms with Crippen molar-refractivity contribution in [2.24, 2.45) is 7.05 Å². The molecule has 3 aromatic rings. The van der Waals surface area contributed by atoms with Gasteiger partial charge in [-0.2, -0.15) is 5.10 Å². The summed E-state index contributed by atoms with van der Waals surface area (Å²) in [6, 6.07) is 8.62. The third-order valence-electron chi connectivity index (χ3n) is 6.43. The summed E-state index contributed by atoms with van der Waals surface area (Å²) in [5, 5.41) is 10.2. The molecule has 0 aliphatic carbocycles. The van der Waals surface area contributed by atoms with Gasteiger partial charge in [-0.3, -0.25) is 14.6 Å². The van der Waals surface area contributed by atoms with Gasteiger partial charge in [0.2, 0.25) is 0 Å². The molecule has 1 unspecified atom stereocenters. The van der Waals surface area contributed by atoms with Gasteiger partial charge in [0.1, 0.15) is 5.82 Å². The first-order chi connectivity index (χ1) is 16.5. The molecule has 9 nitrogen and oxygen atoms in total.